The molecule has 0 heteroatoms. The van der Waals surface area contributed by atoms with Gasteiger partial charge in [0.2, 0.25) is 0 Å². The molecule has 0 nitrogen and oxygen atoms in total. The van der Waals surface area contributed by atoms with E-state index < -0.39 is 0 Å². The number of rotatable bonds is 6. The minimum atomic E-state index is 0.629. The first-order valence-electron chi connectivity index (χ1n) is 5.04. The second kappa shape index (κ2) is 7.15. The molecule has 0 saturated carbocycles. The summed E-state index contributed by atoms with van der Waals surface area (Å²) in [4.78, 5) is 0. The monoisotopic (exact) mass is 166 g/mol. The van der Waals surface area contributed by atoms with E-state index in [2.05, 4.69) is 33.4 Å². The van der Waals surface area contributed by atoms with Crippen LogP contribution in [0.1, 0.15) is 46.5 Å². The molecule has 0 heterocycles. The molecule has 0 aliphatic carbocycles. The van der Waals surface area contributed by atoms with Crippen LogP contribution in [0.5, 0.6) is 0 Å². The van der Waals surface area contributed by atoms with E-state index in [1.165, 1.54) is 31.3 Å². The molecule has 0 radical (unpaired) electrons. The predicted octanol–water partition coefficient (Wildman–Crippen LogP) is 4.34. The van der Waals surface area contributed by atoms with Crippen molar-refractivity contribution in [2.75, 3.05) is 0 Å². The Morgan fingerprint density at radius 2 is 2.00 bits per heavy atom. The highest BCUT2D eigenvalue weighted by molar-refractivity contribution is 5.17. The summed E-state index contributed by atoms with van der Waals surface area (Å²) in [6.07, 6.45) is 9.50. The van der Waals surface area contributed by atoms with Crippen LogP contribution < -0.4 is 0 Å². The summed E-state index contributed by atoms with van der Waals surface area (Å²) in [5.74, 6) is 0.629. The lowest BCUT2D eigenvalue weighted by atomic mass is 10.0. The molecule has 0 unspecified atom stereocenters. The SMILES string of the molecule is C=CC(=CCCCCC)C(C)C. The van der Waals surface area contributed by atoms with Gasteiger partial charge in [0.05, 0.1) is 0 Å². The molecule has 0 saturated heterocycles. The van der Waals surface area contributed by atoms with Gasteiger partial charge in [0.15, 0.2) is 0 Å². The summed E-state index contributed by atoms with van der Waals surface area (Å²) in [5, 5.41) is 0. The van der Waals surface area contributed by atoms with Gasteiger partial charge in [0.25, 0.3) is 0 Å². The van der Waals surface area contributed by atoms with Crippen molar-refractivity contribution in [2.24, 2.45) is 5.92 Å². The first-order chi connectivity index (χ1) is 5.72. The van der Waals surface area contributed by atoms with Gasteiger partial charge in [-0.25, -0.2) is 0 Å². The van der Waals surface area contributed by atoms with Gasteiger partial charge in [-0.05, 0) is 18.8 Å². The molecule has 0 amide bonds. The molecule has 0 N–H and O–H groups in total. The lowest BCUT2D eigenvalue weighted by Crippen LogP contribution is -1.89. The lowest BCUT2D eigenvalue weighted by molar-refractivity contribution is 0.717. The summed E-state index contributed by atoms with van der Waals surface area (Å²) >= 11 is 0. The predicted molar refractivity (Wildman–Crippen MR) is 57.3 cm³/mol. The summed E-state index contributed by atoms with van der Waals surface area (Å²) in [6, 6.07) is 0. The zero-order valence-corrected chi connectivity index (χ0v) is 8.77. The van der Waals surface area contributed by atoms with Gasteiger partial charge in [-0.3, -0.25) is 0 Å². The third-order valence-electron chi connectivity index (χ3n) is 2.09. The molecular formula is C12H22. The summed E-state index contributed by atoms with van der Waals surface area (Å²) in [5.41, 5.74) is 1.39. The van der Waals surface area contributed by atoms with Crippen LogP contribution in [0.15, 0.2) is 24.3 Å². The second-order valence-corrected chi connectivity index (χ2v) is 3.56. The van der Waals surface area contributed by atoms with E-state index in [0.717, 1.165) is 0 Å². The van der Waals surface area contributed by atoms with Gasteiger partial charge in [0, 0.05) is 0 Å². The Balaban J connectivity index is 3.71. The van der Waals surface area contributed by atoms with Crippen molar-refractivity contribution in [1.29, 1.82) is 0 Å². The van der Waals surface area contributed by atoms with Crippen molar-refractivity contribution in [3.05, 3.63) is 24.3 Å². The maximum absolute atomic E-state index is 3.81. The molecule has 0 aliphatic heterocycles. The van der Waals surface area contributed by atoms with Crippen LogP contribution in [0.25, 0.3) is 0 Å². The van der Waals surface area contributed by atoms with Crippen LogP contribution in [0.4, 0.5) is 0 Å². The molecule has 0 aliphatic rings. The third-order valence-corrected chi connectivity index (χ3v) is 2.09. The fourth-order valence-corrected chi connectivity index (χ4v) is 1.22. The Morgan fingerprint density at radius 1 is 1.33 bits per heavy atom. The van der Waals surface area contributed by atoms with Crippen LogP contribution >= 0.6 is 0 Å². The van der Waals surface area contributed by atoms with Gasteiger partial charge in [0.1, 0.15) is 0 Å². The van der Waals surface area contributed by atoms with Crippen molar-refractivity contribution in [2.45, 2.75) is 46.5 Å². The van der Waals surface area contributed by atoms with E-state index in [9.17, 15) is 0 Å². The van der Waals surface area contributed by atoms with Crippen molar-refractivity contribution >= 4 is 0 Å². The van der Waals surface area contributed by atoms with Gasteiger partial charge in [-0.1, -0.05) is 57.9 Å². The molecule has 0 aromatic rings. The van der Waals surface area contributed by atoms with Crippen LogP contribution in [0.3, 0.4) is 0 Å². The fourth-order valence-electron chi connectivity index (χ4n) is 1.22. The number of allylic oxidation sites excluding steroid dienone is 3. The maximum atomic E-state index is 3.81. The normalized spacial score (nSPS) is 12.2. The maximum Gasteiger partial charge on any atom is -0.0222 e. The number of unbranched alkanes of at least 4 members (excludes halogenated alkanes) is 3. The molecule has 0 aromatic heterocycles. The standard InChI is InChI=1S/C12H22/c1-5-7-8-9-10-12(6-2)11(3)4/h6,10-11H,2,5,7-9H2,1,3-4H3. The highest BCUT2D eigenvalue weighted by atomic mass is 14.0. The smallest absolute Gasteiger partial charge is 0.0222 e. The van der Waals surface area contributed by atoms with E-state index >= 15 is 0 Å². The quantitative estimate of drug-likeness (QED) is 0.407. The molecule has 12 heavy (non-hydrogen) atoms. The largest absolute Gasteiger partial charge is 0.0988 e. The van der Waals surface area contributed by atoms with E-state index in [4.69, 9.17) is 0 Å². The van der Waals surface area contributed by atoms with Gasteiger partial charge < -0.3 is 0 Å². The van der Waals surface area contributed by atoms with Gasteiger partial charge >= 0.3 is 0 Å². The van der Waals surface area contributed by atoms with E-state index in [0.29, 0.717) is 5.92 Å². The molecule has 0 bridgehead atoms. The third kappa shape index (κ3) is 5.17. The summed E-state index contributed by atoms with van der Waals surface area (Å²) in [6.45, 7) is 10.5. The minimum Gasteiger partial charge on any atom is -0.0988 e. The first-order valence-corrected chi connectivity index (χ1v) is 5.04. The van der Waals surface area contributed by atoms with Crippen molar-refractivity contribution in [3.63, 3.8) is 0 Å². The number of hydrogen-bond donors (Lipinski definition) is 0. The molecule has 0 aromatic carbocycles. The Kier molecular flexibility index (Phi) is 6.84. The Hall–Kier alpha value is -0.520. The van der Waals surface area contributed by atoms with E-state index in [1.54, 1.807) is 0 Å². The van der Waals surface area contributed by atoms with Crippen LogP contribution in [0.2, 0.25) is 0 Å². The highest BCUT2D eigenvalue weighted by Crippen LogP contribution is 2.12. The first kappa shape index (κ1) is 11.5. The highest BCUT2D eigenvalue weighted by Gasteiger charge is 1.96. The van der Waals surface area contributed by atoms with Crippen molar-refractivity contribution in [1.82, 2.24) is 0 Å². The summed E-state index contributed by atoms with van der Waals surface area (Å²) < 4.78 is 0. The zero-order chi connectivity index (χ0) is 9.40. The molecule has 0 rings (SSSR count). The van der Waals surface area contributed by atoms with E-state index in [-0.39, 0.29) is 0 Å². The van der Waals surface area contributed by atoms with Crippen molar-refractivity contribution in [3.8, 4) is 0 Å². The summed E-state index contributed by atoms with van der Waals surface area (Å²) in [7, 11) is 0. The Bertz CT molecular complexity index is 140. The molecule has 0 atom stereocenters. The Labute approximate surface area is 77.4 Å². The van der Waals surface area contributed by atoms with Crippen LogP contribution in [-0.4, -0.2) is 0 Å². The fraction of sp³-hybridized carbons (Fsp3) is 0.667. The average Bonchev–Trinajstić information content (AvgIpc) is 2.04. The zero-order valence-electron chi connectivity index (χ0n) is 8.77. The molecule has 70 valence electrons. The lowest BCUT2D eigenvalue weighted by Gasteiger charge is -2.05. The molecule has 0 spiro atoms. The topological polar surface area (TPSA) is 0 Å². The van der Waals surface area contributed by atoms with Crippen LogP contribution in [0, 0.1) is 5.92 Å². The van der Waals surface area contributed by atoms with Crippen LogP contribution in [-0.2, 0) is 0 Å². The average molecular weight is 166 g/mol. The minimum absolute atomic E-state index is 0.629. The van der Waals surface area contributed by atoms with Gasteiger partial charge in [-0.15, -0.1) is 0 Å². The number of hydrogen-bond acceptors (Lipinski definition) is 0. The molecular weight excluding hydrogens is 144 g/mol. The Morgan fingerprint density at radius 3 is 2.42 bits per heavy atom. The van der Waals surface area contributed by atoms with Gasteiger partial charge in [-0.2, -0.15) is 0 Å². The second-order valence-electron chi connectivity index (χ2n) is 3.56. The van der Waals surface area contributed by atoms with Crippen molar-refractivity contribution < 1.29 is 0 Å². The van der Waals surface area contributed by atoms with E-state index in [1.807, 2.05) is 6.08 Å². The molecule has 0 fully saturated rings.